The SMILES string of the molecule is Nc1nc(C(=NOC2CCCC2)C(=O)NC2C(=O)N3C(C(=O)O)C(O)CS[C@H]23)ns1. The van der Waals surface area contributed by atoms with Crippen molar-refractivity contribution in [1.82, 2.24) is 19.6 Å². The van der Waals surface area contributed by atoms with E-state index in [1.165, 1.54) is 11.8 Å². The highest BCUT2D eigenvalue weighted by Crippen LogP contribution is 2.38. The Hall–Kier alpha value is -2.45. The van der Waals surface area contributed by atoms with Crippen molar-refractivity contribution in [3.05, 3.63) is 5.82 Å². The predicted octanol–water partition coefficient (Wildman–Crippen LogP) is -1.00. The second kappa shape index (κ2) is 8.35. The standard InChI is InChI=1S/C16H20N6O6S2/c17-16-19-11(21-30-16)8(20-28-6-3-1-2-4-6)12(24)18-9-13(25)22-10(15(26)27)7(23)5-29-14(9)22/h6-7,9-10,14,23H,1-5H2,(H,18,24)(H,26,27)(H2,17,19,21)/t7?,9?,10?,14-/m1/s1. The summed E-state index contributed by atoms with van der Waals surface area (Å²) in [6, 6.07) is -2.29. The van der Waals surface area contributed by atoms with Gasteiger partial charge in [0.05, 0.1) is 6.10 Å². The lowest BCUT2D eigenvalue weighted by molar-refractivity contribution is -0.167. The van der Waals surface area contributed by atoms with Gasteiger partial charge >= 0.3 is 5.97 Å². The number of rotatable bonds is 6. The van der Waals surface area contributed by atoms with Crippen molar-refractivity contribution in [1.29, 1.82) is 0 Å². The summed E-state index contributed by atoms with van der Waals surface area (Å²) in [4.78, 5) is 47.4. The van der Waals surface area contributed by atoms with Crippen molar-refractivity contribution in [2.75, 3.05) is 11.5 Å². The van der Waals surface area contributed by atoms with E-state index in [2.05, 4.69) is 19.8 Å². The summed E-state index contributed by atoms with van der Waals surface area (Å²) in [7, 11) is 0. The average Bonchev–Trinajstić information content (AvgIpc) is 3.37. The highest BCUT2D eigenvalue weighted by atomic mass is 32.2. The van der Waals surface area contributed by atoms with Crippen molar-refractivity contribution in [2.24, 2.45) is 5.16 Å². The second-order valence-electron chi connectivity index (χ2n) is 7.18. The number of nitrogens with two attached hydrogens (primary N) is 1. The van der Waals surface area contributed by atoms with Crippen molar-refractivity contribution in [3.63, 3.8) is 0 Å². The molecule has 1 aromatic heterocycles. The van der Waals surface area contributed by atoms with Crippen LogP contribution >= 0.6 is 23.3 Å². The van der Waals surface area contributed by atoms with Gasteiger partial charge in [0.25, 0.3) is 5.91 Å². The van der Waals surface area contributed by atoms with Gasteiger partial charge < -0.3 is 31.0 Å². The van der Waals surface area contributed by atoms with Gasteiger partial charge in [0.2, 0.25) is 17.4 Å². The van der Waals surface area contributed by atoms with E-state index in [1.54, 1.807) is 0 Å². The summed E-state index contributed by atoms with van der Waals surface area (Å²) in [6.45, 7) is 0. The Morgan fingerprint density at radius 2 is 2.07 bits per heavy atom. The number of fused-ring (bicyclic) bond motifs is 1. The van der Waals surface area contributed by atoms with E-state index in [0.717, 1.165) is 42.1 Å². The van der Waals surface area contributed by atoms with Crippen molar-refractivity contribution in [2.45, 2.75) is 55.3 Å². The van der Waals surface area contributed by atoms with E-state index in [4.69, 9.17) is 10.6 Å². The number of aliphatic hydroxyl groups is 1. The number of aliphatic carboxylic acids is 1. The molecule has 0 aromatic carbocycles. The number of carboxylic acids is 1. The highest BCUT2D eigenvalue weighted by molar-refractivity contribution is 8.00. The number of nitrogens with one attached hydrogen (secondary N) is 1. The monoisotopic (exact) mass is 456 g/mol. The van der Waals surface area contributed by atoms with Gasteiger partial charge in [-0.1, -0.05) is 5.16 Å². The first-order valence-corrected chi connectivity index (χ1v) is 11.2. The highest BCUT2D eigenvalue weighted by Gasteiger charge is 2.58. The fourth-order valence-corrected chi connectivity index (χ4v) is 5.48. The Bertz CT molecular complexity index is 887. The zero-order chi connectivity index (χ0) is 21.4. The molecule has 1 aliphatic carbocycles. The lowest BCUT2D eigenvalue weighted by Crippen LogP contribution is -2.77. The Morgan fingerprint density at radius 3 is 2.70 bits per heavy atom. The third-order valence-corrected chi connectivity index (χ3v) is 7.10. The van der Waals surface area contributed by atoms with Crippen molar-refractivity contribution in [3.8, 4) is 0 Å². The van der Waals surface area contributed by atoms with Gasteiger partial charge in [-0.25, -0.2) is 4.79 Å². The molecule has 1 saturated carbocycles. The quantitative estimate of drug-likeness (QED) is 0.235. The van der Waals surface area contributed by atoms with E-state index in [-0.39, 0.29) is 28.5 Å². The lowest BCUT2D eigenvalue weighted by atomic mass is 9.99. The van der Waals surface area contributed by atoms with Crippen LogP contribution in [-0.4, -0.2) is 83.4 Å². The summed E-state index contributed by atoms with van der Waals surface area (Å²) in [5, 5.41) is 25.3. The minimum absolute atomic E-state index is 0.00763. The number of aliphatic hydroxyl groups excluding tert-OH is 1. The van der Waals surface area contributed by atoms with Crippen molar-refractivity contribution >= 4 is 51.9 Å². The number of β-lactam (4-membered cyclic amide) rings is 1. The van der Waals surface area contributed by atoms with Crippen LogP contribution in [0.5, 0.6) is 0 Å². The zero-order valence-corrected chi connectivity index (χ0v) is 17.3. The van der Waals surface area contributed by atoms with Crippen LogP contribution < -0.4 is 11.1 Å². The minimum Gasteiger partial charge on any atom is -0.480 e. The third-order valence-electron chi connectivity index (χ3n) is 5.19. The van der Waals surface area contributed by atoms with Crippen LogP contribution in [-0.2, 0) is 19.2 Å². The van der Waals surface area contributed by atoms with Crippen LogP contribution in [0.15, 0.2) is 5.16 Å². The molecule has 3 aliphatic rings. The molecule has 30 heavy (non-hydrogen) atoms. The molecule has 3 fully saturated rings. The molecule has 1 aromatic rings. The molecule has 12 nitrogen and oxygen atoms in total. The largest absolute Gasteiger partial charge is 0.480 e. The number of oxime groups is 1. The smallest absolute Gasteiger partial charge is 0.329 e. The molecule has 0 bridgehead atoms. The number of nitrogens with zero attached hydrogens (tertiary/aromatic N) is 4. The number of hydrogen-bond donors (Lipinski definition) is 4. The van der Waals surface area contributed by atoms with Gasteiger partial charge in [-0.15, -0.1) is 11.8 Å². The molecular weight excluding hydrogens is 436 g/mol. The normalized spacial score (nSPS) is 29.3. The number of amides is 2. The average molecular weight is 457 g/mol. The van der Waals surface area contributed by atoms with Crippen LogP contribution in [0.3, 0.4) is 0 Å². The van der Waals surface area contributed by atoms with Gasteiger partial charge in [0, 0.05) is 17.3 Å². The predicted molar refractivity (Wildman–Crippen MR) is 107 cm³/mol. The Morgan fingerprint density at radius 1 is 1.33 bits per heavy atom. The summed E-state index contributed by atoms with van der Waals surface area (Å²) < 4.78 is 4.00. The second-order valence-corrected chi connectivity index (χ2v) is 9.11. The first kappa shape index (κ1) is 20.8. The van der Waals surface area contributed by atoms with Crippen LogP contribution in [0.1, 0.15) is 31.5 Å². The Balaban J connectivity index is 1.49. The molecular formula is C16H20N6O6S2. The van der Waals surface area contributed by atoms with Crippen LogP contribution in [0.2, 0.25) is 0 Å². The van der Waals surface area contributed by atoms with Crippen LogP contribution in [0.4, 0.5) is 5.13 Å². The topological polar surface area (TPSA) is 180 Å². The van der Waals surface area contributed by atoms with Gasteiger partial charge in [-0.2, -0.15) is 9.36 Å². The molecule has 14 heteroatoms. The molecule has 3 heterocycles. The summed E-state index contributed by atoms with van der Waals surface area (Å²) in [5.74, 6) is -2.48. The van der Waals surface area contributed by atoms with Gasteiger partial charge in [-0.3, -0.25) is 9.59 Å². The maximum atomic E-state index is 12.9. The third kappa shape index (κ3) is 3.81. The molecule has 4 atom stereocenters. The maximum absolute atomic E-state index is 12.9. The first-order chi connectivity index (χ1) is 14.4. The zero-order valence-electron chi connectivity index (χ0n) is 15.6. The molecule has 2 aliphatic heterocycles. The Kier molecular flexibility index (Phi) is 5.79. The number of aromatic nitrogens is 2. The van der Waals surface area contributed by atoms with Crippen LogP contribution in [0.25, 0.3) is 0 Å². The molecule has 0 radical (unpaired) electrons. The summed E-state index contributed by atoms with van der Waals surface area (Å²) in [5.41, 5.74) is 5.42. The van der Waals surface area contributed by atoms with E-state index in [0.29, 0.717) is 0 Å². The number of thioether (sulfide) groups is 1. The Labute approximate surface area is 179 Å². The summed E-state index contributed by atoms with van der Waals surface area (Å²) in [6.07, 6.45) is 2.42. The number of carbonyl (C=O) groups is 3. The fraction of sp³-hybridized carbons (Fsp3) is 0.625. The van der Waals surface area contributed by atoms with Gasteiger partial charge in [0.1, 0.15) is 17.5 Å². The molecule has 162 valence electrons. The molecule has 0 spiro atoms. The number of carbonyl (C=O) groups excluding carboxylic acids is 2. The van der Waals surface area contributed by atoms with E-state index in [1.807, 2.05) is 0 Å². The molecule has 3 unspecified atom stereocenters. The molecule has 2 amide bonds. The maximum Gasteiger partial charge on any atom is 0.329 e. The number of carboxylic acid groups (broad SMARTS) is 1. The number of hydrogen-bond acceptors (Lipinski definition) is 11. The van der Waals surface area contributed by atoms with Gasteiger partial charge in [0.15, 0.2) is 11.2 Å². The fourth-order valence-electron chi connectivity index (χ4n) is 3.69. The van der Waals surface area contributed by atoms with Crippen molar-refractivity contribution < 1.29 is 29.4 Å². The number of nitrogen functional groups attached to an aromatic ring is 1. The van der Waals surface area contributed by atoms with E-state index < -0.39 is 41.3 Å². The molecule has 2 saturated heterocycles. The first-order valence-electron chi connectivity index (χ1n) is 9.35. The van der Waals surface area contributed by atoms with E-state index >= 15 is 0 Å². The van der Waals surface area contributed by atoms with Crippen LogP contribution in [0, 0.1) is 0 Å². The molecule has 5 N–H and O–H groups in total. The minimum atomic E-state index is -1.34. The summed E-state index contributed by atoms with van der Waals surface area (Å²) >= 11 is 2.10. The van der Waals surface area contributed by atoms with E-state index in [9.17, 15) is 24.6 Å². The van der Waals surface area contributed by atoms with Gasteiger partial charge in [-0.05, 0) is 25.7 Å². The number of anilines is 1. The lowest BCUT2D eigenvalue weighted by Gasteiger charge is -2.53. The molecule has 4 rings (SSSR count).